The fourth-order valence-corrected chi connectivity index (χ4v) is 4.26. The van der Waals surface area contributed by atoms with E-state index in [-0.39, 0.29) is 0 Å². The van der Waals surface area contributed by atoms with Crippen LogP contribution in [0.25, 0.3) is 22.0 Å². The Morgan fingerprint density at radius 2 is 1.77 bits per heavy atom. The van der Waals surface area contributed by atoms with E-state index in [1.54, 1.807) is 29.9 Å². The first-order valence-electron chi connectivity index (χ1n) is 9.90. The zero-order valence-corrected chi connectivity index (χ0v) is 17.7. The molecule has 6 heteroatoms. The van der Waals surface area contributed by atoms with E-state index in [0.717, 1.165) is 33.2 Å². The molecule has 0 radical (unpaired) electrons. The van der Waals surface area contributed by atoms with Gasteiger partial charge in [-0.3, -0.25) is 9.97 Å². The molecular formula is C25H19N5S. The van der Waals surface area contributed by atoms with Crippen LogP contribution in [0.5, 0.6) is 0 Å². The van der Waals surface area contributed by atoms with E-state index in [2.05, 4.69) is 57.8 Å². The van der Waals surface area contributed by atoms with E-state index in [4.69, 9.17) is 10.1 Å². The quantitative estimate of drug-likeness (QED) is 0.351. The third-order valence-corrected chi connectivity index (χ3v) is 5.72. The van der Waals surface area contributed by atoms with Gasteiger partial charge in [0, 0.05) is 23.3 Å². The van der Waals surface area contributed by atoms with Crippen molar-refractivity contribution in [1.29, 1.82) is 0 Å². The van der Waals surface area contributed by atoms with Crippen molar-refractivity contribution in [3.8, 4) is 11.3 Å². The molecule has 3 aromatic heterocycles. The van der Waals surface area contributed by atoms with E-state index in [1.165, 1.54) is 10.8 Å². The number of rotatable bonds is 4. The first-order valence-corrected chi connectivity index (χ1v) is 10.8. The molecule has 0 aliphatic carbocycles. The van der Waals surface area contributed by atoms with Crippen LogP contribution >= 0.6 is 11.3 Å². The lowest BCUT2D eigenvalue weighted by atomic mass is 10.0. The van der Waals surface area contributed by atoms with Gasteiger partial charge in [0.15, 0.2) is 0 Å². The van der Waals surface area contributed by atoms with Gasteiger partial charge < -0.3 is 0 Å². The summed E-state index contributed by atoms with van der Waals surface area (Å²) in [5.41, 5.74) is 4.53. The van der Waals surface area contributed by atoms with E-state index in [9.17, 15) is 0 Å². The van der Waals surface area contributed by atoms with Crippen molar-refractivity contribution in [3.63, 3.8) is 0 Å². The molecule has 5 rings (SSSR count). The van der Waals surface area contributed by atoms with Crippen LogP contribution in [0.2, 0.25) is 0 Å². The zero-order valence-electron chi connectivity index (χ0n) is 16.9. The summed E-state index contributed by atoms with van der Waals surface area (Å²) >= 11 is 1.55. The molecule has 0 unspecified atom stereocenters. The first kappa shape index (κ1) is 19.1. The van der Waals surface area contributed by atoms with Crippen LogP contribution in [-0.2, 0) is 0 Å². The van der Waals surface area contributed by atoms with Crippen LogP contribution in [0, 0.1) is 0 Å². The Labute approximate surface area is 183 Å². The molecule has 0 saturated heterocycles. The van der Waals surface area contributed by atoms with Crippen LogP contribution in [0.3, 0.4) is 0 Å². The lowest BCUT2D eigenvalue weighted by Gasteiger charge is -2.09. The summed E-state index contributed by atoms with van der Waals surface area (Å²) in [4.78, 5) is 14.2. The zero-order chi connectivity index (χ0) is 21.0. The number of benzene rings is 2. The van der Waals surface area contributed by atoms with E-state index < -0.39 is 0 Å². The molecule has 0 amide bonds. The highest BCUT2D eigenvalue weighted by atomic mass is 32.1. The van der Waals surface area contributed by atoms with Gasteiger partial charge in [0.1, 0.15) is 0 Å². The lowest BCUT2D eigenvalue weighted by molar-refractivity contribution is 0.847. The van der Waals surface area contributed by atoms with Crippen LogP contribution in [0.4, 0.5) is 5.69 Å². The number of aromatic nitrogens is 3. The van der Waals surface area contributed by atoms with Crippen molar-refractivity contribution in [2.24, 2.45) is 10.1 Å². The van der Waals surface area contributed by atoms with Gasteiger partial charge in [0.25, 0.3) is 0 Å². The lowest BCUT2D eigenvalue weighted by Crippen LogP contribution is -2.14. The Balaban J connectivity index is 1.75. The largest absolute Gasteiger partial charge is 0.262 e. The molecule has 0 saturated carbocycles. The summed E-state index contributed by atoms with van der Waals surface area (Å²) < 4.78 is 1.91. The average Bonchev–Trinajstić information content (AvgIpc) is 3.21. The van der Waals surface area contributed by atoms with E-state index in [1.807, 2.05) is 41.9 Å². The number of thiazole rings is 1. The molecule has 0 aliphatic rings. The van der Waals surface area contributed by atoms with Crippen LogP contribution in [0.15, 0.2) is 107 Å². The number of fused-ring (bicyclic) bond motifs is 1. The fraction of sp³-hybridized carbons (Fsp3) is 0.0400. The van der Waals surface area contributed by atoms with Crippen molar-refractivity contribution in [2.45, 2.75) is 6.92 Å². The second-order valence-electron chi connectivity index (χ2n) is 6.97. The van der Waals surface area contributed by atoms with Crippen molar-refractivity contribution in [2.75, 3.05) is 0 Å². The molecule has 0 aliphatic heterocycles. The molecule has 5 nitrogen and oxygen atoms in total. The highest BCUT2D eigenvalue weighted by Crippen LogP contribution is 2.29. The van der Waals surface area contributed by atoms with E-state index >= 15 is 0 Å². The van der Waals surface area contributed by atoms with Gasteiger partial charge in [-0.05, 0) is 42.0 Å². The first-order chi connectivity index (χ1) is 15.3. The molecule has 2 aromatic carbocycles. The maximum atomic E-state index is 4.94. The molecule has 3 heterocycles. The Hall–Kier alpha value is -3.90. The second kappa shape index (κ2) is 8.45. The number of hydrogen-bond acceptors (Lipinski definition) is 5. The van der Waals surface area contributed by atoms with Crippen molar-refractivity contribution in [1.82, 2.24) is 14.6 Å². The van der Waals surface area contributed by atoms with Gasteiger partial charge in [-0.1, -0.05) is 48.5 Å². The fourth-order valence-electron chi connectivity index (χ4n) is 3.42. The maximum absolute atomic E-state index is 4.94. The minimum atomic E-state index is 0.770. The van der Waals surface area contributed by atoms with Crippen molar-refractivity contribution < 1.29 is 0 Å². The molecule has 0 atom stereocenters. The molecule has 0 bridgehead atoms. The van der Waals surface area contributed by atoms with Gasteiger partial charge in [0.2, 0.25) is 4.80 Å². The summed E-state index contributed by atoms with van der Waals surface area (Å²) in [7, 11) is 0. The summed E-state index contributed by atoms with van der Waals surface area (Å²) in [6.07, 6.45) is 5.27. The van der Waals surface area contributed by atoms with Crippen molar-refractivity contribution in [3.05, 3.63) is 107 Å². The average molecular weight is 422 g/mol. The van der Waals surface area contributed by atoms with E-state index in [0.29, 0.717) is 0 Å². The van der Waals surface area contributed by atoms with Gasteiger partial charge in [-0.2, -0.15) is 5.10 Å². The highest BCUT2D eigenvalue weighted by molar-refractivity contribution is 7.07. The minimum absolute atomic E-state index is 0.770. The highest BCUT2D eigenvalue weighted by Gasteiger charge is 2.12. The second-order valence-corrected chi connectivity index (χ2v) is 7.80. The third kappa shape index (κ3) is 3.93. The summed E-state index contributed by atoms with van der Waals surface area (Å²) in [6.45, 7) is 1.97. The molecule has 0 spiro atoms. The van der Waals surface area contributed by atoms with Crippen LogP contribution in [0.1, 0.15) is 12.6 Å². The predicted molar refractivity (Wildman–Crippen MR) is 127 cm³/mol. The molecule has 150 valence electrons. The maximum Gasteiger partial charge on any atom is 0.211 e. The van der Waals surface area contributed by atoms with Crippen molar-refractivity contribution >= 4 is 33.5 Å². The Bertz CT molecular complexity index is 1430. The SMILES string of the molecule is CC(=Nn1c(-c2cccc3ccccc23)csc1=Nc1cccnc1)c1ccccn1. The van der Waals surface area contributed by atoms with Crippen LogP contribution < -0.4 is 4.80 Å². The van der Waals surface area contributed by atoms with Gasteiger partial charge in [-0.25, -0.2) is 9.67 Å². The number of hydrogen-bond donors (Lipinski definition) is 0. The number of pyridine rings is 2. The van der Waals surface area contributed by atoms with Crippen LogP contribution in [-0.4, -0.2) is 20.4 Å². The molecule has 5 aromatic rings. The monoisotopic (exact) mass is 421 g/mol. The minimum Gasteiger partial charge on any atom is -0.262 e. The Morgan fingerprint density at radius 1 is 0.903 bits per heavy atom. The number of nitrogens with zero attached hydrogens (tertiary/aromatic N) is 5. The smallest absolute Gasteiger partial charge is 0.211 e. The Morgan fingerprint density at radius 3 is 2.61 bits per heavy atom. The third-order valence-electron chi connectivity index (χ3n) is 4.91. The molecule has 31 heavy (non-hydrogen) atoms. The van der Waals surface area contributed by atoms with Gasteiger partial charge in [-0.15, -0.1) is 11.3 Å². The topological polar surface area (TPSA) is 55.4 Å². The summed E-state index contributed by atoms with van der Waals surface area (Å²) in [6, 6.07) is 24.3. The molecular weight excluding hydrogens is 402 g/mol. The Kier molecular flexibility index (Phi) is 5.21. The van der Waals surface area contributed by atoms with Gasteiger partial charge >= 0.3 is 0 Å². The molecule has 0 N–H and O–H groups in total. The summed E-state index contributed by atoms with van der Waals surface area (Å²) in [5, 5.41) is 9.40. The normalized spacial score (nSPS) is 12.4. The summed E-state index contributed by atoms with van der Waals surface area (Å²) in [5.74, 6) is 0. The predicted octanol–water partition coefficient (Wildman–Crippen LogP) is 5.66. The standard InChI is InChI=1S/C25H19N5S/c1-18(23-13-4-5-15-27-23)29-30-24(17-31-25(30)28-20-10-7-14-26-16-20)22-12-6-9-19-8-2-3-11-21(19)22/h2-17H,1H3. The van der Waals surface area contributed by atoms with Gasteiger partial charge in [0.05, 0.1) is 29.0 Å². The molecule has 0 fully saturated rings.